The van der Waals surface area contributed by atoms with Crippen LogP contribution in [0, 0.1) is 13.8 Å². The average Bonchev–Trinajstić information content (AvgIpc) is 2.92. The number of benzene rings is 1. The van der Waals surface area contributed by atoms with Gasteiger partial charge in [0.1, 0.15) is 10.7 Å². The fourth-order valence-corrected chi connectivity index (χ4v) is 4.17. The third-order valence-electron chi connectivity index (χ3n) is 4.60. The van der Waals surface area contributed by atoms with Crippen LogP contribution in [0.3, 0.4) is 0 Å². The predicted molar refractivity (Wildman–Crippen MR) is 112 cm³/mol. The summed E-state index contributed by atoms with van der Waals surface area (Å²) in [5, 5.41) is 0.687. The largest absolute Gasteiger partial charge is 0.462 e. The molecule has 2 aromatic heterocycles. The van der Waals surface area contributed by atoms with Crippen LogP contribution in [0.5, 0.6) is 0 Å². The molecule has 6 nitrogen and oxygen atoms in total. The fraction of sp³-hybridized carbons (Fsp3) is 0.381. The van der Waals surface area contributed by atoms with Gasteiger partial charge in [0.25, 0.3) is 5.56 Å². The van der Waals surface area contributed by atoms with E-state index in [1.165, 1.54) is 0 Å². The molecule has 0 fully saturated rings. The lowest BCUT2D eigenvalue weighted by Crippen LogP contribution is -2.28. The first-order valence-electron chi connectivity index (χ1n) is 9.22. The third kappa shape index (κ3) is 4.00. The van der Waals surface area contributed by atoms with Gasteiger partial charge in [0.05, 0.1) is 30.6 Å². The molecule has 1 aromatic carbocycles. The lowest BCUT2D eigenvalue weighted by atomic mass is 10.1. The van der Waals surface area contributed by atoms with E-state index in [0.29, 0.717) is 36.5 Å². The van der Waals surface area contributed by atoms with Crippen molar-refractivity contribution in [1.82, 2.24) is 14.5 Å². The molecule has 2 heterocycles. The van der Waals surface area contributed by atoms with E-state index in [4.69, 9.17) is 9.72 Å². The minimum atomic E-state index is -0.358. The summed E-state index contributed by atoms with van der Waals surface area (Å²) in [7, 11) is 3.90. The molecule has 0 N–H and O–H groups in total. The molecule has 0 amide bonds. The third-order valence-corrected chi connectivity index (χ3v) is 5.71. The monoisotopic (exact) mass is 399 g/mol. The van der Waals surface area contributed by atoms with Crippen molar-refractivity contribution < 1.29 is 9.53 Å². The van der Waals surface area contributed by atoms with Crippen molar-refractivity contribution >= 4 is 27.5 Å². The van der Waals surface area contributed by atoms with Crippen LogP contribution >= 0.6 is 11.3 Å². The average molecular weight is 400 g/mol. The molecule has 0 radical (unpaired) electrons. The summed E-state index contributed by atoms with van der Waals surface area (Å²) in [6.45, 7) is 6.99. The van der Waals surface area contributed by atoms with Crippen LogP contribution < -0.4 is 5.56 Å². The Balaban J connectivity index is 2.10. The number of hydrogen-bond donors (Lipinski definition) is 0. The molecule has 0 saturated heterocycles. The van der Waals surface area contributed by atoms with Crippen LogP contribution in [0.25, 0.3) is 10.2 Å². The summed E-state index contributed by atoms with van der Waals surface area (Å²) in [4.78, 5) is 34.0. The number of esters is 1. The van der Waals surface area contributed by atoms with Crippen molar-refractivity contribution in [1.29, 1.82) is 0 Å². The van der Waals surface area contributed by atoms with Gasteiger partial charge in [-0.15, -0.1) is 11.3 Å². The van der Waals surface area contributed by atoms with Crippen molar-refractivity contribution in [2.24, 2.45) is 0 Å². The molecular weight excluding hydrogens is 374 g/mol. The Morgan fingerprint density at radius 1 is 1.29 bits per heavy atom. The number of hydrogen-bond acceptors (Lipinski definition) is 6. The molecule has 3 aromatic rings. The van der Waals surface area contributed by atoms with E-state index in [2.05, 4.69) is 0 Å². The molecule has 7 heteroatoms. The number of aromatic nitrogens is 2. The number of aryl methyl sites for hydroxylation is 2. The van der Waals surface area contributed by atoms with Crippen molar-refractivity contribution in [2.45, 2.75) is 33.9 Å². The van der Waals surface area contributed by atoms with Gasteiger partial charge in [0, 0.05) is 4.88 Å². The molecule has 0 spiro atoms. The van der Waals surface area contributed by atoms with Gasteiger partial charge < -0.3 is 9.64 Å². The maximum Gasteiger partial charge on any atom is 0.338 e. The molecule has 0 unspecified atom stereocenters. The fourth-order valence-electron chi connectivity index (χ4n) is 3.13. The second kappa shape index (κ2) is 8.24. The smallest absolute Gasteiger partial charge is 0.338 e. The lowest BCUT2D eigenvalue weighted by molar-refractivity contribution is 0.0526. The van der Waals surface area contributed by atoms with E-state index < -0.39 is 0 Å². The first kappa shape index (κ1) is 20.2. The highest BCUT2D eigenvalue weighted by molar-refractivity contribution is 7.18. The molecule has 3 rings (SSSR count). The second-order valence-corrected chi connectivity index (χ2v) is 8.24. The Morgan fingerprint density at radius 3 is 2.71 bits per heavy atom. The zero-order chi connectivity index (χ0) is 20.4. The molecule has 0 atom stereocenters. The lowest BCUT2D eigenvalue weighted by Gasteiger charge is -2.16. The number of fused-ring (bicyclic) bond motifs is 1. The van der Waals surface area contributed by atoms with Crippen molar-refractivity contribution in [2.75, 3.05) is 20.7 Å². The van der Waals surface area contributed by atoms with E-state index >= 15 is 0 Å². The maximum absolute atomic E-state index is 13.3. The van der Waals surface area contributed by atoms with Gasteiger partial charge in [0.2, 0.25) is 0 Å². The van der Waals surface area contributed by atoms with Crippen LogP contribution in [-0.2, 0) is 17.8 Å². The Bertz CT molecular complexity index is 1080. The SMILES string of the molecule is CCOC(=O)c1cccc(Cn2c(CN(C)C)nc3sc(C)c(C)c3c2=O)c1. The maximum atomic E-state index is 13.3. The zero-order valence-corrected chi connectivity index (χ0v) is 17.7. The highest BCUT2D eigenvalue weighted by Gasteiger charge is 2.17. The van der Waals surface area contributed by atoms with Crippen LogP contribution in [0.4, 0.5) is 0 Å². The van der Waals surface area contributed by atoms with E-state index in [9.17, 15) is 9.59 Å². The minimum Gasteiger partial charge on any atom is -0.462 e. The first-order chi connectivity index (χ1) is 13.3. The number of carbonyl (C=O) groups excluding carboxylic acids is 1. The van der Waals surface area contributed by atoms with Gasteiger partial charge in [-0.3, -0.25) is 9.36 Å². The van der Waals surface area contributed by atoms with Crippen LogP contribution in [-0.4, -0.2) is 41.1 Å². The summed E-state index contributed by atoms with van der Waals surface area (Å²) in [6.07, 6.45) is 0. The molecule has 28 heavy (non-hydrogen) atoms. The first-order valence-corrected chi connectivity index (χ1v) is 10.0. The quantitative estimate of drug-likeness (QED) is 0.595. The van der Waals surface area contributed by atoms with Crippen LogP contribution in [0.1, 0.15) is 39.1 Å². The van der Waals surface area contributed by atoms with Crippen molar-refractivity contribution in [3.8, 4) is 0 Å². The molecule has 0 aliphatic rings. The number of nitrogens with zero attached hydrogens (tertiary/aromatic N) is 3. The van der Waals surface area contributed by atoms with Crippen molar-refractivity contribution in [3.05, 3.63) is 62.0 Å². The van der Waals surface area contributed by atoms with Gasteiger partial charge in [-0.2, -0.15) is 0 Å². The van der Waals surface area contributed by atoms with Crippen molar-refractivity contribution in [3.63, 3.8) is 0 Å². The molecule has 148 valence electrons. The Labute approximate surface area is 168 Å². The Morgan fingerprint density at radius 2 is 2.04 bits per heavy atom. The van der Waals surface area contributed by atoms with Gasteiger partial charge in [-0.25, -0.2) is 9.78 Å². The van der Waals surface area contributed by atoms with E-state index in [-0.39, 0.29) is 11.5 Å². The summed E-state index contributed by atoms with van der Waals surface area (Å²) in [5.74, 6) is 0.355. The van der Waals surface area contributed by atoms with Gasteiger partial charge in [-0.05, 0) is 58.1 Å². The normalized spacial score (nSPS) is 11.4. The Kier molecular flexibility index (Phi) is 5.96. The van der Waals surface area contributed by atoms with Gasteiger partial charge >= 0.3 is 5.97 Å². The number of thiophene rings is 1. The van der Waals surface area contributed by atoms with E-state index in [1.54, 1.807) is 35.0 Å². The molecule has 0 aliphatic heterocycles. The molecule has 0 aliphatic carbocycles. The van der Waals surface area contributed by atoms with Crippen LogP contribution in [0.2, 0.25) is 0 Å². The highest BCUT2D eigenvalue weighted by Crippen LogP contribution is 2.26. The molecule has 0 bridgehead atoms. The zero-order valence-electron chi connectivity index (χ0n) is 16.9. The second-order valence-electron chi connectivity index (χ2n) is 7.04. The van der Waals surface area contributed by atoms with E-state index in [0.717, 1.165) is 20.8 Å². The summed E-state index contributed by atoms with van der Waals surface area (Å²) < 4.78 is 6.80. The van der Waals surface area contributed by atoms with Gasteiger partial charge in [0.15, 0.2) is 0 Å². The van der Waals surface area contributed by atoms with Crippen LogP contribution in [0.15, 0.2) is 29.1 Å². The predicted octanol–water partition coefficient (Wildman–Crippen LogP) is 3.36. The molecular formula is C21H25N3O3S. The number of carbonyl (C=O) groups is 1. The summed E-state index contributed by atoms with van der Waals surface area (Å²) in [5.41, 5.74) is 2.30. The minimum absolute atomic E-state index is 0.0368. The van der Waals surface area contributed by atoms with E-state index in [1.807, 2.05) is 45.0 Å². The highest BCUT2D eigenvalue weighted by atomic mass is 32.1. The standard InChI is InChI=1S/C21H25N3O3S/c1-6-27-21(26)16-9-7-8-15(10-16)11-24-17(12-23(4)5)22-19-18(20(24)25)13(2)14(3)28-19/h7-10H,6,11-12H2,1-5H3. The Hall–Kier alpha value is -2.51. The number of rotatable bonds is 6. The summed E-state index contributed by atoms with van der Waals surface area (Å²) >= 11 is 1.56. The van der Waals surface area contributed by atoms with Gasteiger partial charge in [-0.1, -0.05) is 12.1 Å². The topological polar surface area (TPSA) is 64.4 Å². The number of ether oxygens (including phenoxy) is 1. The molecule has 0 saturated carbocycles. The summed E-state index contributed by atoms with van der Waals surface area (Å²) in [6, 6.07) is 7.22.